The summed E-state index contributed by atoms with van der Waals surface area (Å²) in [6, 6.07) is 0. The second-order valence-electron chi connectivity index (χ2n) is 3.86. The first kappa shape index (κ1) is 16.5. The zero-order valence-electron chi connectivity index (χ0n) is 11.1. The Balaban J connectivity index is 3.79. The Hall–Kier alpha value is 0.530. The summed E-state index contributed by atoms with van der Waals surface area (Å²) < 4.78 is 11.1. The van der Waals surface area contributed by atoms with Crippen molar-refractivity contribution < 1.29 is 9.05 Å². The Morgan fingerprint density at radius 1 is 1.00 bits per heavy atom. The van der Waals surface area contributed by atoms with E-state index in [0.29, 0.717) is 13.2 Å². The quantitative estimate of drug-likeness (QED) is 0.567. The first-order valence-corrected chi connectivity index (χ1v) is 9.23. The molecule has 0 amide bonds. The van der Waals surface area contributed by atoms with Crippen molar-refractivity contribution in [3.8, 4) is 0 Å². The van der Waals surface area contributed by atoms with Crippen molar-refractivity contribution in [2.24, 2.45) is 0 Å². The molecule has 1 atom stereocenters. The van der Waals surface area contributed by atoms with Crippen LogP contribution in [0.3, 0.4) is 0 Å². The van der Waals surface area contributed by atoms with Gasteiger partial charge in [-0.1, -0.05) is 13.8 Å². The Kier molecular flexibility index (Phi) is 9.87. The second-order valence-corrected chi connectivity index (χ2v) is 7.91. The zero-order chi connectivity index (χ0) is 12.4. The molecule has 3 nitrogen and oxygen atoms in total. The molecule has 0 aliphatic carbocycles. The molecule has 1 unspecified atom stereocenters. The van der Waals surface area contributed by atoms with Crippen molar-refractivity contribution in [3.05, 3.63) is 0 Å². The summed E-state index contributed by atoms with van der Waals surface area (Å²) in [5.41, 5.74) is 0. The molecule has 0 radical (unpaired) electrons. The average Bonchev–Trinajstić information content (AvgIpc) is 2.18. The highest BCUT2D eigenvalue weighted by atomic mass is 32.5. The third-order valence-corrected chi connectivity index (χ3v) is 4.19. The summed E-state index contributed by atoms with van der Waals surface area (Å²) in [4.78, 5) is 2.42. The molecule has 0 fully saturated rings. The van der Waals surface area contributed by atoms with Crippen LogP contribution in [0.15, 0.2) is 0 Å². The lowest BCUT2D eigenvalue weighted by Gasteiger charge is -2.23. The second kappa shape index (κ2) is 9.55. The van der Waals surface area contributed by atoms with Crippen LogP contribution < -0.4 is 0 Å². The van der Waals surface area contributed by atoms with Crippen molar-refractivity contribution in [3.63, 3.8) is 0 Å². The topological polar surface area (TPSA) is 21.7 Å². The molecule has 0 aromatic heterocycles. The maximum Gasteiger partial charge on any atom is 0.185 e. The monoisotopic (exact) mass is 267 g/mol. The van der Waals surface area contributed by atoms with Gasteiger partial charge in [0, 0.05) is 13.2 Å². The lowest BCUT2D eigenvalue weighted by atomic mass is 10.3. The van der Waals surface area contributed by atoms with Crippen LogP contribution in [-0.4, -0.2) is 44.4 Å². The van der Waals surface area contributed by atoms with E-state index in [4.69, 9.17) is 20.9 Å². The molecule has 0 bridgehead atoms. The van der Waals surface area contributed by atoms with E-state index in [1.54, 1.807) is 0 Å². The van der Waals surface area contributed by atoms with Crippen LogP contribution >= 0.6 is 6.49 Å². The van der Waals surface area contributed by atoms with Crippen LogP contribution in [0.1, 0.15) is 33.6 Å². The molecule has 0 aliphatic heterocycles. The Morgan fingerprint density at radius 3 is 2.00 bits per heavy atom. The minimum Gasteiger partial charge on any atom is -0.330 e. The highest BCUT2D eigenvalue weighted by Crippen LogP contribution is 2.43. The van der Waals surface area contributed by atoms with Gasteiger partial charge in [0.05, 0.1) is 13.2 Å². The summed E-state index contributed by atoms with van der Waals surface area (Å²) in [6.07, 6.45) is 2.37. The normalized spacial score (nSPS) is 15.3. The highest BCUT2D eigenvalue weighted by Gasteiger charge is 2.11. The lowest BCUT2D eigenvalue weighted by Crippen LogP contribution is -2.29. The number of hydrogen-bond acceptors (Lipinski definition) is 4. The number of nitrogens with zero attached hydrogens (tertiary/aromatic N) is 1. The minimum absolute atomic E-state index is 0.640. The largest absolute Gasteiger partial charge is 0.330 e. The van der Waals surface area contributed by atoms with E-state index in [0.717, 1.165) is 19.6 Å². The van der Waals surface area contributed by atoms with Crippen molar-refractivity contribution in [1.29, 1.82) is 0 Å². The molecule has 0 aliphatic rings. The fourth-order valence-electron chi connectivity index (χ4n) is 1.58. The van der Waals surface area contributed by atoms with E-state index in [-0.39, 0.29) is 0 Å². The van der Waals surface area contributed by atoms with Crippen LogP contribution in [0.25, 0.3) is 0 Å². The summed E-state index contributed by atoms with van der Waals surface area (Å²) in [5, 5.41) is 0. The van der Waals surface area contributed by atoms with E-state index >= 15 is 0 Å². The van der Waals surface area contributed by atoms with Gasteiger partial charge < -0.3 is 13.9 Å². The molecule has 5 heteroatoms. The molecule has 0 N–H and O–H groups in total. The summed E-state index contributed by atoms with van der Waals surface area (Å²) >= 11 is 5.27. The summed E-state index contributed by atoms with van der Waals surface area (Å²) in [6.45, 7) is 10.8. The molecule has 0 saturated heterocycles. The van der Waals surface area contributed by atoms with Gasteiger partial charge >= 0.3 is 0 Å². The van der Waals surface area contributed by atoms with Gasteiger partial charge in [0.15, 0.2) is 6.49 Å². The molecule has 0 aromatic carbocycles. The predicted molar refractivity (Wildman–Crippen MR) is 74.8 cm³/mol. The van der Waals surface area contributed by atoms with Gasteiger partial charge in [0.2, 0.25) is 0 Å². The zero-order valence-corrected chi connectivity index (χ0v) is 12.8. The first-order chi connectivity index (χ1) is 7.55. The Morgan fingerprint density at radius 2 is 1.56 bits per heavy atom. The van der Waals surface area contributed by atoms with Gasteiger partial charge in [-0.3, -0.25) is 0 Å². The average molecular weight is 267 g/mol. The van der Waals surface area contributed by atoms with E-state index in [9.17, 15) is 0 Å². The van der Waals surface area contributed by atoms with Gasteiger partial charge in [0.1, 0.15) is 0 Å². The van der Waals surface area contributed by atoms with E-state index in [1.165, 1.54) is 12.8 Å². The van der Waals surface area contributed by atoms with Gasteiger partial charge in [-0.25, -0.2) is 0 Å². The van der Waals surface area contributed by atoms with Crippen LogP contribution in [-0.2, 0) is 20.9 Å². The van der Waals surface area contributed by atoms with Gasteiger partial charge in [-0.2, -0.15) is 0 Å². The summed E-state index contributed by atoms with van der Waals surface area (Å²) in [5.74, 6) is 0. The van der Waals surface area contributed by atoms with Gasteiger partial charge in [0.25, 0.3) is 0 Å². The first-order valence-electron chi connectivity index (χ1n) is 6.14. The third kappa shape index (κ3) is 8.66. The molecule has 0 saturated carbocycles. The number of rotatable bonds is 10. The summed E-state index contributed by atoms with van der Waals surface area (Å²) in [7, 11) is 0. The predicted octanol–water partition coefficient (Wildman–Crippen LogP) is 3.10. The Bertz CT molecular complexity index is 208. The van der Waals surface area contributed by atoms with Crippen LogP contribution in [0.4, 0.5) is 0 Å². The van der Waals surface area contributed by atoms with Crippen molar-refractivity contribution in [2.45, 2.75) is 33.6 Å². The molecule has 0 aromatic rings. The molecular weight excluding hydrogens is 241 g/mol. The van der Waals surface area contributed by atoms with Crippen molar-refractivity contribution in [1.82, 2.24) is 4.90 Å². The van der Waals surface area contributed by atoms with E-state index < -0.39 is 6.49 Å². The minimum atomic E-state index is -1.98. The van der Waals surface area contributed by atoms with Crippen molar-refractivity contribution >= 4 is 18.3 Å². The highest BCUT2D eigenvalue weighted by molar-refractivity contribution is 8.09. The standard InChI is InChI=1S/C11H26NO2PS/c1-5-8-12(9-6-2)10-11-14-15(4,16)13-7-3/h5-11H2,1-4H3. The fraction of sp³-hybridized carbons (Fsp3) is 1.00. The molecule has 98 valence electrons. The maximum absolute atomic E-state index is 5.66. The van der Waals surface area contributed by atoms with Gasteiger partial charge in [-0.15, -0.1) is 0 Å². The van der Waals surface area contributed by atoms with E-state index in [1.807, 2.05) is 13.6 Å². The SMILES string of the molecule is CCCN(CCC)CCOP(C)(=S)OCC. The van der Waals surface area contributed by atoms with Crippen LogP contribution in [0.2, 0.25) is 0 Å². The lowest BCUT2D eigenvalue weighted by molar-refractivity contribution is 0.197. The Labute approximate surface area is 106 Å². The third-order valence-electron chi connectivity index (χ3n) is 2.18. The van der Waals surface area contributed by atoms with Gasteiger partial charge in [-0.05, 0) is 44.7 Å². The molecule has 0 heterocycles. The van der Waals surface area contributed by atoms with E-state index in [2.05, 4.69) is 18.7 Å². The molecular formula is C11H26NO2PS. The number of hydrogen-bond donors (Lipinski definition) is 0. The van der Waals surface area contributed by atoms with Crippen molar-refractivity contribution in [2.75, 3.05) is 39.5 Å². The smallest absolute Gasteiger partial charge is 0.185 e. The molecule has 0 spiro atoms. The molecule has 16 heavy (non-hydrogen) atoms. The van der Waals surface area contributed by atoms with Crippen LogP contribution in [0, 0.1) is 0 Å². The van der Waals surface area contributed by atoms with Crippen LogP contribution in [0.5, 0.6) is 0 Å². The maximum atomic E-state index is 5.66. The fourth-order valence-corrected chi connectivity index (χ4v) is 3.07. The molecule has 0 rings (SSSR count).